The smallest absolute Gasteiger partial charge is 0.305 e. The second-order valence-corrected chi connectivity index (χ2v) is 9.15. The number of carbonyl (C=O) groups is 2. The number of carbonyl (C=O) groups excluding carboxylic acids is 1. The molecule has 3 N–H and O–H groups in total. The Hall–Kier alpha value is -3.43. The number of benzene rings is 2. The summed E-state index contributed by atoms with van der Waals surface area (Å²) >= 11 is 6.03. The Bertz CT molecular complexity index is 1210. The summed E-state index contributed by atoms with van der Waals surface area (Å²) in [5.41, 5.74) is -0.759. The summed E-state index contributed by atoms with van der Waals surface area (Å²) in [6, 6.07) is 12.8. The van der Waals surface area contributed by atoms with Crippen LogP contribution in [0.2, 0.25) is 5.02 Å². The van der Waals surface area contributed by atoms with E-state index in [-0.39, 0.29) is 36.2 Å². The maximum Gasteiger partial charge on any atom is 0.305 e. The second kappa shape index (κ2) is 10.9. The van der Waals surface area contributed by atoms with E-state index in [1.54, 1.807) is 37.3 Å². The monoisotopic (exact) mass is 503 g/mol. The van der Waals surface area contributed by atoms with Gasteiger partial charge in [0.05, 0.1) is 18.1 Å². The highest BCUT2D eigenvalue weighted by atomic mass is 35.5. The van der Waals surface area contributed by atoms with Gasteiger partial charge in [-0.25, -0.2) is 4.39 Å². The van der Waals surface area contributed by atoms with E-state index in [4.69, 9.17) is 16.3 Å². The third kappa shape index (κ3) is 6.58. The minimum atomic E-state index is -1.19. The van der Waals surface area contributed by atoms with Gasteiger partial charge in [0.15, 0.2) is 5.69 Å². The van der Waals surface area contributed by atoms with Crippen LogP contribution in [0.5, 0.6) is 5.88 Å². The van der Waals surface area contributed by atoms with Crippen LogP contribution in [0.1, 0.15) is 49.3 Å². The van der Waals surface area contributed by atoms with E-state index in [2.05, 4.69) is 10.4 Å². The Morgan fingerprint density at radius 3 is 2.54 bits per heavy atom. The number of aromatic nitrogens is 2. The summed E-state index contributed by atoms with van der Waals surface area (Å²) < 4.78 is 21.4. The Balaban J connectivity index is 1.95. The summed E-state index contributed by atoms with van der Waals surface area (Å²) in [7, 11) is 0. The summed E-state index contributed by atoms with van der Waals surface area (Å²) in [6.45, 7) is 5.14. The Morgan fingerprint density at radius 2 is 1.91 bits per heavy atom. The van der Waals surface area contributed by atoms with E-state index in [9.17, 15) is 24.2 Å². The van der Waals surface area contributed by atoms with Gasteiger partial charge in [0.2, 0.25) is 5.88 Å². The fourth-order valence-corrected chi connectivity index (χ4v) is 3.34. The Morgan fingerprint density at radius 1 is 1.20 bits per heavy atom. The van der Waals surface area contributed by atoms with Crippen LogP contribution in [-0.4, -0.2) is 44.1 Å². The van der Waals surface area contributed by atoms with Crippen molar-refractivity contribution in [1.29, 1.82) is 0 Å². The van der Waals surface area contributed by atoms with Gasteiger partial charge in [0.25, 0.3) is 5.91 Å². The SMILES string of the molecule is CC(C)[C@@](C)(O)COc1cc(C(=O)N[C@@H](CC(=O)O)c2cccc(Cl)c2)nn1-c1ccccc1F. The van der Waals surface area contributed by atoms with E-state index in [0.717, 1.165) is 4.68 Å². The van der Waals surface area contributed by atoms with Crippen molar-refractivity contribution in [3.05, 3.63) is 76.7 Å². The Kier molecular flexibility index (Phi) is 8.14. The number of carboxylic acids is 1. The predicted molar refractivity (Wildman–Crippen MR) is 128 cm³/mol. The molecule has 2 aromatic carbocycles. The minimum absolute atomic E-state index is 0.0405. The number of hydrogen-bond acceptors (Lipinski definition) is 5. The number of nitrogens with zero attached hydrogens (tertiary/aromatic N) is 2. The zero-order chi connectivity index (χ0) is 25.8. The van der Waals surface area contributed by atoms with Crippen LogP contribution in [-0.2, 0) is 4.79 Å². The number of hydrogen-bond donors (Lipinski definition) is 3. The van der Waals surface area contributed by atoms with E-state index in [1.807, 2.05) is 13.8 Å². The highest BCUT2D eigenvalue weighted by Gasteiger charge is 2.28. The molecule has 2 atom stereocenters. The number of amides is 1. The molecule has 35 heavy (non-hydrogen) atoms. The first-order chi connectivity index (χ1) is 16.5. The standard InChI is InChI=1S/C25H27ClFN3O5/c1-15(2)25(3,34)14-35-22-12-20(29-30(22)21-10-5-4-9-18(21)27)24(33)28-19(13-23(31)32)16-7-6-8-17(26)11-16/h4-12,15,19,34H,13-14H2,1-3H3,(H,28,33)(H,31,32)/t19-,25-/m0/s1. The van der Waals surface area contributed by atoms with Crippen LogP contribution in [0.15, 0.2) is 54.6 Å². The molecule has 1 amide bonds. The molecular weight excluding hydrogens is 477 g/mol. The van der Waals surface area contributed by atoms with Crippen LogP contribution < -0.4 is 10.1 Å². The first kappa shape index (κ1) is 26.2. The third-order valence-electron chi connectivity index (χ3n) is 5.68. The van der Waals surface area contributed by atoms with Crippen LogP contribution in [0, 0.1) is 11.7 Å². The molecule has 0 bridgehead atoms. The minimum Gasteiger partial charge on any atom is -0.481 e. The summed E-state index contributed by atoms with van der Waals surface area (Å²) in [4.78, 5) is 24.5. The molecule has 1 aromatic heterocycles. The molecule has 3 rings (SSSR count). The number of para-hydroxylation sites is 1. The van der Waals surface area contributed by atoms with Gasteiger partial charge >= 0.3 is 5.97 Å². The zero-order valence-corrected chi connectivity index (χ0v) is 20.3. The lowest BCUT2D eigenvalue weighted by molar-refractivity contribution is -0.137. The average Bonchev–Trinajstić information content (AvgIpc) is 3.21. The molecule has 0 saturated carbocycles. The predicted octanol–water partition coefficient (Wildman–Crippen LogP) is 4.40. The van der Waals surface area contributed by atoms with Crippen LogP contribution in [0.25, 0.3) is 5.69 Å². The molecule has 0 unspecified atom stereocenters. The lowest BCUT2D eigenvalue weighted by atomic mass is 9.94. The zero-order valence-electron chi connectivity index (χ0n) is 19.5. The van der Waals surface area contributed by atoms with Crippen molar-refractivity contribution in [2.24, 2.45) is 5.92 Å². The number of rotatable bonds is 10. The van der Waals surface area contributed by atoms with Gasteiger partial charge in [-0.1, -0.05) is 49.7 Å². The van der Waals surface area contributed by atoms with Crippen molar-refractivity contribution in [3.8, 4) is 11.6 Å². The molecule has 0 aliphatic carbocycles. The highest BCUT2D eigenvalue weighted by Crippen LogP contribution is 2.26. The van der Waals surface area contributed by atoms with Crippen molar-refractivity contribution in [1.82, 2.24) is 15.1 Å². The van der Waals surface area contributed by atoms with Crippen molar-refractivity contribution in [2.75, 3.05) is 6.61 Å². The molecule has 186 valence electrons. The van der Waals surface area contributed by atoms with Gasteiger partial charge < -0.3 is 20.3 Å². The van der Waals surface area contributed by atoms with Crippen LogP contribution in [0.3, 0.4) is 0 Å². The molecule has 0 fully saturated rings. The number of carboxylic acid groups (broad SMARTS) is 1. The van der Waals surface area contributed by atoms with Gasteiger partial charge in [-0.05, 0) is 42.7 Å². The molecule has 0 saturated heterocycles. The summed E-state index contributed by atoms with van der Waals surface area (Å²) in [6.07, 6.45) is -0.388. The van der Waals surface area contributed by atoms with E-state index in [0.29, 0.717) is 10.6 Å². The van der Waals surface area contributed by atoms with Crippen LogP contribution >= 0.6 is 11.6 Å². The fraction of sp³-hybridized carbons (Fsp3) is 0.320. The molecule has 1 heterocycles. The number of aliphatic carboxylic acids is 1. The molecule has 10 heteroatoms. The summed E-state index contributed by atoms with van der Waals surface area (Å²) in [5.74, 6) is -2.49. The van der Waals surface area contributed by atoms with Gasteiger partial charge in [0.1, 0.15) is 18.1 Å². The van der Waals surface area contributed by atoms with Crippen LogP contribution in [0.4, 0.5) is 4.39 Å². The van der Waals surface area contributed by atoms with E-state index < -0.39 is 29.3 Å². The van der Waals surface area contributed by atoms with Crippen molar-refractivity contribution in [3.63, 3.8) is 0 Å². The topological polar surface area (TPSA) is 114 Å². The van der Waals surface area contributed by atoms with Crippen molar-refractivity contribution >= 4 is 23.5 Å². The molecule has 0 radical (unpaired) electrons. The highest BCUT2D eigenvalue weighted by molar-refractivity contribution is 6.30. The van der Waals surface area contributed by atoms with E-state index in [1.165, 1.54) is 24.3 Å². The normalized spacial score (nSPS) is 13.8. The lowest BCUT2D eigenvalue weighted by Gasteiger charge is -2.27. The molecular formula is C25H27ClFN3O5. The van der Waals surface area contributed by atoms with Gasteiger partial charge in [0, 0.05) is 11.1 Å². The largest absolute Gasteiger partial charge is 0.481 e. The number of ether oxygens (including phenoxy) is 1. The molecule has 8 nitrogen and oxygen atoms in total. The number of aliphatic hydroxyl groups is 1. The first-order valence-corrected chi connectivity index (χ1v) is 11.3. The molecule has 0 aliphatic rings. The van der Waals surface area contributed by atoms with Crippen molar-refractivity contribution in [2.45, 2.75) is 38.8 Å². The molecule has 0 spiro atoms. The molecule has 3 aromatic rings. The fourth-order valence-electron chi connectivity index (χ4n) is 3.14. The van der Waals surface area contributed by atoms with E-state index >= 15 is 0 Å². The first-order valence-electron chi connectivity index (χ1n) is 11.0. The average molecular weight is 504 g/mol. The second-order valence-electron chi connectivity index (χ2n) is 8.71. The number of halogens is 2. The lowest BCUT2D eigenvalue weighted by Crippen LogP contribution is -2.38. The van der Waals surface area contributed by atoms with Gasteiger partial charge in [-0.15, -0.1) is 0 Å². The maximum absolute atomic E-state index is 14.5. The Labute approximate surface area is 207 Å². The van der Waals surface area contributed by atoms with Crippen molar-refractivity contribution < 1.29 is 28.9 Å². The molecule has 0 aliphatic heterocycles. The summed E-state index contributed by atoms with van der Waals surface area (Å²) in [5, 5.41) is 27.1. The van der Waals surface area contributed by atoms with Gasteiger partial charge in [-0.3, -0.25) is 9.59 Å². The third-order valence-corrected chi connectivity index (χ3v) is 5.92. The number of nitrogens with one attached hydrogen (secondary N) is 1. The van der Waals surface area contributed by atoms with Gasteiger partial charge in [-0.2, -0.15) is 9.78 Å². The quantitative estimate of drug-likeness (QED) is 0.378. The maximum atomic E-state index is 14.5.